The van der Waals surface area contributed by atoms with Crippen LogP contribution in [0.2, 0.25) is 0 Å². The zero-order chi connectivity index (χ0) is 12.0. The molecule has 0 aliphatic heterocycles. The first-order valence-electron chi connectivity index (χ1n) is 5.36. The Balaban J connectivity index is 2.26. The van der Waals surface area contributed by atoms with Gasteiger partial charge in [-0.1, -0.05) is 6.07 Å². The summed E-state index contributed by atoms with van der Waals surface area (Å²) >= 11 is 0. The smallest absolute Gasteiger partial charge is 0.220 e. The van der Waals surface area contributed by atoms with Crippen LogP contribution in [0.4, 0.5) is 0 Å². The Morgan fingerprint density at radius 3 is 2.81 bits per heavy atom. The Hall–Kier alpha value is -1.42. The zero-order valence-corrected chi connectivity index (χ0v) is 9.73. The molecule has 0 fully saturated rings. The predicted octanol–water partition coefficient (Wildman–Crippen LogP) is 0.901. The molecule has 1 aromatic heterocycles. The molecule has 1 amide bonds. The lowest BCUT2D eigenvalue weighted by atomic mass is 10.1. The Morgan fingerprint density at radius 1 is 1.50 bits per heavy atom. The molecule has 1 rings (SSSR count). The Kier molecular flexibility index (Phi) is 4.43. The number of nitrogens with one attached hydrogen (secondary N) is 1. The minimum Gasteiger partial charge on any atom is -0.389 e. The average molecular weight is 222 g/mol. The molecule has 2 N–H and O–H groups in total. The molecule has 0 bridgehead atoms. The number of rotatable bonds is 5. The van der Waals surface area contributed by atoms with E-state index in [9.17, 15) is 9.90 Å². The van der Waals surface area contributed by atoms with Gasteiger partial charge in [-0.25, -0.2) is 0 Å². The van der Waals surface area contributed by atoms with E-state index < -0.39 is 5.60 Å². The van der Waals surface area contributed by atoms with Crippen LogP contribution in [0.3, 0.4) is 0 Å². The molecule has 0 saturated heterocycles. The van der Waals surface area contributed by atoms with E-state index in [0.717, 1.165) is 5.69 Å². The summed E-state index contributed by atoms with van der Waals surface area (Å²) in [5, 5.41) is 12.1. The first-order valence-corrected chi connectivity index (χ1v) is 5.36. The molecule has 0 spiro atoms. The van der Waals surface area contributed by atoms with E-state index in [0.29, 0.717) is 12.8 Å². The molecule has 1 heterocycles. The van der Waals surface area contributed by atoms with Crippen LogP contribution in [-0.2, 0) is 11.2 Å². The van der Waals surface area contributed by atoms with Gasteiger partial charge in [0.25, 0.3) is 0 Å². The molecule has 4 nitrogen and oxygen atoms in total. The van der Waals surface area contributed by atoms with Crippen LogP contribution in [0.5, 0.6) is 0 Å². The number of aryl methyl sites for hydroxylation is 1. The minimum atomic E-state index is -0.860. The van der Waals surface area contributed by atoms with Gasteiger partial charge in [-0.15, -0.1) is 0 Å². The van der Waals surface area contributed by atoms with Crippen molar-refractivity contribution >= 4 is 5.91 Å². The number of amides is 1. The second-order valence-electron chi connectivity index (χ2n) is 4.41. The van der Waals surface area contributed by atoms with Gasteiger partial charge in [0, 0.05) is 24.9 Å². The molecule has 0 aromatic carbocycles. The van der Waals surface area contributed by atoms with Gasteiger partial charge in [0.1, 0.15) is 0 Å². The maximum Gasteiger partial charge on any atom is 0.220 e. The number of carbonyl (C=O) groups excluding carboxylic acids is 1. The van der Waals surface area contributed by atoms with E-state index in [1.54, 1.807) is 20.0 Å². The van der Waals surface area contributed by atoms with Crippen LogP contribution >= 0.6 is 0 Å². The second kappa shape index (κ2) is 5.61. The standard InChI is InChI=1S/C12H18N2O2/c1-12(2,16)9-14-11(15)7-6-10-5-3-4-8-13-10/h3-5,8,16H,6-7,9H2,1-2H3,(H,14,15). The lowest BCUT2D eigenvalue weighted by Crippen LogP contribution is -2.38. The maximum absolute atomic E-state index is 11.4. The Bertz CT molecular complexity index is 331. The van der Waals surface area contributed by atoms with E-state index in [1.165, 1.54) is 0 Å². The fourth-order valence-corrected chi connectivity index (χ4v) is 1.19. The van der Waals surface area contributed by atoms with Crippen molar-refractivity contribution < 1.29 is 9.90 Å². The van der Waals surface area contributed by atoms with Crippen LogP contribution in [0, 0.1) is 0 Å². The highest BCUT2D eigenvalue weighted by Crippen LogP contribution is 2.00. The van der Waals surface area contributed by atoms with Gasteiger partial charge in [0.05, 0.1) is 5.60 Å². The molecule has 16 heavy (non-hydrogen) atoms. The molecule has 0 atom stereocenters. The molecule has 0 radical (unpaired) electrons. The molecule has 0 aliphatic carbocycles. The molecule has 1 aromatic rings. The molecule has 88 valence electrons. The van der Waals surface area contributed by atoms with E-state index in [2.05, 4.69) is 10.3 Å². The van der Waals surface area contributed by atoms with Crippen LogP contribution in [0.25, 0.3) is 0 Å². The zero-order valence-electron chi connectivity index (χ0n) is 9.73. The van der Waals surface area contributed by atoms with Gasteiger partial charge >= 0.3 is 0 Å². The van der Waals surface area contributed by atoms with E-state index in [1.807, 2.05) is 18.2 Å². The van der Waals surface area contributed by atoms with Crippen LogP contribution in [0.1, 0.15) is 26.0 Å². The fraction of sp³-hybridized carbons (Fsp3) is 0.500. The van der Waals surface area contributed by atoms with Crippen molar-refractivity contribution in [2.45, 2.75) is 32.3 Å². The number of carbonyl (C=O) groups is 1. The summed E-state index contributed by atoms with van der Waals surface area (Å²) in [6, 6.07) is 5.64. The van der Waals surface area contributed by atoms with Gasteiger partial charge in [-0.3, -0.25) is 9.78 Å². The molecular weight excluding hydrogens is 204 g/mol. The van der Waals surface area contributed by atoms with Gasteiger partial charge in [0.15, 0.2) is 0 Å². The fourth-order valence-electron chi connectivity index (χ4n) is 1.19. The second-order valence-corrected chi connectivity index (χ2v) is 4.41. The summed E-state index contributed by atoms with van der Waals surface area (Å²) in [7, 11) is 0. The number of aromatic nitrogens is 1. The summed E-state index contributed by atoms with van der Waals surface area (Å²) < 4.78 is 0. The lowest BCUT2D eigenvalue weighted by molar-refractivity contribution is -0.122. The third-order valence-electron chi connectivity index (χ3n) is 2.05. The maximum atomic E-state index is 11.4. The number of aliphatic hydroxyl groups is 1. The molecule has 0 aliphatic rings. The van der Waals surface area contributed by atoms with Gasteiger partial charge in [-0.05, 0) is 32.4 Å². The molecule has 0 saturated carbocycles. The number of hydrogen-bond acceptors (Lipinski definition) is 3. The first-order chi connectivity index (χ1) is 7.47. The van der Waals surface area contributed by atoms with Crippen molar-refractivity contribution in [2.75, 3.05) is 6.54 Å². The quantitative estimate of drug-likeness (QED) is 0.778. The predicted molar refractivity (Wildman–Crippen MR) is 61.9 cm³/mol. The summed E-state index contributed by atoms with van der Waals surface area (Å²) in [5.74, 6) is -0.0622. The van der Waals surface area contributed by atoms with Crippen LogP contribution in [0.15, 0.2) is 24.4 Å². The highest BCUT2D eigenvalue weighted by molar-refractivity contribution is 5.76. The van der Waals surface area contributed by atoms with Crippen molar-refractivity contribution in [3.8, 4) is 0 Å². The monoisotopic (exact) mass is 222 g/mol. The molecular formula is C12H18N2O2. The van der Waals surface area contributed by atoms with Gasteiger partial charge < -0.3 is 10.4 Å². The molecule has 4 heteroatoms. The Labute approximate surface area is 95.7 Å². The van der Waals surface area contributed by atoms with E-state index in [4.69, 9.17) is 0 Å². The largest absolute Gasteiger partial charge is 0.389 e. The number of hydrogen-bond donors (Lipinski definition) is 2. The lowest BCUT2D eigenvalue weighted by Gasteiger charge is -2.17. The van der Waals surface area contributed by atoms with Crippen molar-refractivity contribution in [2.24, 2.45) is 0 Å². The summed E-state index contributed by atoms with van der Waals surface area (Å²) in [6.45, 7) is 3.59. The third kappa shape index (κ3) is 5.46. The van der Waals surface area contributed by atoms with Gasteiger partial charge in [-0.2, -0.15) is 0 Å². The Morgan fingerprint density at radius 2 is 2.25 bits per heavy atom. The summed E-state index contributed by atoms with van der Waals surface area (Å²) in [4.78, 5) is 15.5. The van der Waals surface area contributed by atoms with E-state index in [-0.39, 0.29) is 12.5 Å². The molecule has 0 unspecified atom stereocenters. The van der Waals surface area contributed by atoms with Crippen LogP contribution < -0.4 is 5.32 Å². The highest BCUT2D eigenvalue weighted by atomic mass is 16.3. The topological polar surface area (TPSA) is 62.2 Å². The van der Waals surface area contributed by atoms with Crippen molar-refractivity contribution in [3.63, 3.8) is 0 Å². The van der Waals surface area contributed by atoms with Gasteiger partial charge in [0.2, 0.25) is 5.91 Å². The van der Waals surface area contributed by atoms with Crippen molar-refractivity contribution in [1.82, 2.24) is 10.3 Å². The minimum absolute atomic E-state index is 0.0622. The summed E-state index contributed by atoms with van der Waals surface area (Å²) in [6.07, 6.45) is 2.73. The van der Waals surface area contributed by atoms with E-state index >= 15 is 0 Å². The van der Waals surface area contributed by atoms with Crippen molar-refractivity contribution in [3.05, 3.63) is 30.1 Å². The number of pyridine rings is 1. The van der Waals surface area contributed by atoms with Crippen molar-refractivity contribution in [1.29, 1.82) is 0 Å². The SMILES string of the molecule is CC(C)(O)CNC(=O)CCc1ccccn1. The third-order valence-corrected chi connectivity index (χ3v) is 2.05. The normalized spacial score (nSPS) is 11.2. The highest BCUT2D eigenvalue weighted by Gasteiger charge is 2.13. The average Bonchev–Trinajstić information content (AvgIpc) is 2.24. The van der Waals surface area contributed by atoms with Crippen LogP contribution in [-0.4, -0.2) is 28.1 Å². The summed E-state index contributed by atoms with van der Waals surface area (Å²) in [5.41, 5.74) is 0.0432. The first kappa shape index (κ1) is 12.6. The number of nitrogens with zero attached hydrogens (tertiary/aromatic N) is 1.